The first-order valence-electron chi connectivity index (χ1n) is 8.85. The quantitative estimate of drug-likeness (QED) is 0.508. The minimum atomic E-state index is 1.03. The van der Waals surface area contributed by atoms with E-state index < -0.39 is 0 Å². The lowest BCUT2D eigenvalue weighted by Gasteiger charge is -2.22. The number of rotatable bonds is 7. The Labute approximate surface area is 145 Å². The van der Waals surface area contributed by atoms with Gasteiger partial charge < -0.3 is 9.47 Å². The predicted octanol–water partition coefficient (Wildman–Crippen LogP) is 3.34. The van der Waals surface area contributed by atoms with Crippen LogP contribution >= 0.6 is 0 Å². The summed E-state index contributed by atoms with van der Waals surface area (Å²) in [4.78, 5) is 3.36. The molecule has 0 aliphatic heterocycles. The fraction of sp³-hybridized carbons (Fsp3) is 0.381. The van der Waals surface area contributed by atoms with Crippen LogP contribution in [0.5, 0.6) is 0 Å². The first kappa shape index (κ1) is 16.7. The van der Waals surface area contributed by atoms with E-state index >= 15 is 0 Å². The molecule has 3 heteroatoms. The second-order valence-corrected chi connectivity index (χ2v) is 7.67. The van der Waals surface area contributed by atoms with Gasteiger partial charge in [0, 0.05) is 29.2 Å². The van der Waals surface area contributed by atoms with Crippen LogP contribution in [-0.2, 0) is 19.4 Å². The van der Waals surface area contributed by atoms with Crippen LogP contribution in [0.1, 0.15) is 17.5 Å². The number of H-pyrrole nitrogens is 1. The molecule has 0 spiro atoms. The molecule has 2 aromatic heterocycles. The molecule has 0 bridgehead atoms. The average Bonchev–Trinajstić information content (AvgIpc) is 2.96. The van der Waals surface area contributed by atoms with Crippen LogP contribution in [0.15, 0.2) is 55.0 Å². The zero-order valence-electron chi connectivity index (χ0n) is 15.1. The fourth-order valence-corrected chi connectivity index (χ4v) is 3.15. The molecule has 0 fully saturated rings. The minimum Gasteiger partial charge on any atom is -0.361 e. The molecule has 0 radical (unpaired) electrons. The highest BCUT2D eigenvalue weighted by Crippen LogP contribution is 2.19. The molecular formula is C21H29N3+2. The topological polar surface area (TPSA) is 19.7 Å². The van der Waals surface area contributed by atoms with Gasteiger partial charge in [-0.05, 0) is 30.0 Å². The number of hydrogen-bond donors (Lipinski definition) is 1. The molecule has 0 saturated carbocycles. The lowest BCUT2D eigenvalue weighted by Crippen LogP contribution is -2.39. The number of aryl methyl sites for hydroxylation is 3. The first-order valence-corrected chi connectivity index (χ1v) is 8.85. The Morgan fingerprint density at radius 1 is 0.958 bits per heavy atom. The van der Waals surface area contributed by atoms with Crippen molar-refractivity contribution in [2.24, 2.45) is 0 Å². The van der Waals surface area contributed by atoms with Crippen molar-refractivity contribution in [3.63, 3.8) is 0 Å². The van der Waals surface area contributed by atoms with E-state index in [2.05, 4.69) is 85.7 Å². The molecule has 126 valence electrons. The average molecular weight is 323 g/mol. The molecule has 1 N–H and O–H groups in total. The van der Waals surface area contributed by atoms with Crippen LogP contribution < -0.4 is 4.57 Å². The van der Waals surface area contributed by atoms with Gasteiger partial charge in [-0.15, -0.1) is 0 Å². The maximum atomic E-state index is 3.36. The van der Waals surface area contributed by atoms with Crippen LogP contribution in [-0.4, -0.2) is 37.2 Å². The zero-order valence-corrected chi connectivity index (χ0v) is 15.1. The maximum absolute atomic E-state index is 3.36. The van der Waals surface area contributed by atoms with Crippen molar-refractivity contribution in [2.45, 2.75) is 25.8 Å². The van der Waals surface area contributed by atoms with Gasteiger partial charge in [0.25, 0.3) is 0 Å². The number of aromatic amines is 1. The number of nitrogens with zero attached hydrogens (tertiary/aromatic N) is 2. The van der Waals surface area contributed by atoms with Gasteiger partial charge in [0.15, 0.2) is 18.9 Å². The maximum Gasteiger partial charge on any atom is 0.169 e. The number of nitrogens with one attached hydrogen (secondary N) is 1. The van der Waals surface area contributed by atoms with Gasteiger partial charge in [0.1, 0.15) is 0 Å². The Kier molecular flexibility index (Phi) is 5.00. The molecule has 1 aromatic carbocycles. The third-order valence-electron chi connectivity index (χ3n) is 4.56. The summed E-state index contributed by atoms with van der Waals surface area (Å²) in [5.41, 5.74) is 4.05. The fourth-order valence-electron chi connectivity index (χ4n) is 3.15. The van der Waals surface area contributed by atoms with E-state index in [1.54, 1.807) is 0 Å². The van der Waals surface area contributed by atoms with E-state index in [1.807, 2.05) is 0 Å². The Morgan fingerprint density at radius 2 is 1.71 bits per heavy atom. The van der Waals surface area contributed by atoms with Crippen LogP contribution in [0.3, 0.4) is 0 Å². The lowest BCUT2D eigenvalue weighted by molar-refractivity contribution is -0.873. The van der Waals surface area contributed by atoms with E-state index in [0.29, 0.717) is 0 Å². The van der Waals surface area contributed by atoms with Crippen molar-refractivity contribution in [3.05, 3.63) is 66.1 Å². The molecule has 3 nitrogen and oxygen atoms in total. The van der Waals surface area contributed by atoms with Gasteiger partial charge in [-0.25, -0.2) is 4.57 Å². The molecule has 0 unspecified atom stereocenters. The van der Waals surface area contributed by atoms with Gasteiger partial charge in [-0.3, -0.25) is 0 Å². The predicted molar refractivity (Wildman–Crippen MR) is 99.9 cm³/mol. The largest absolute Gasteiger partial charge is 0.361 e. The van der Waals surface area contributed by atoms with Crippen LogP contribution in [0.4, 0.5) is 0 Å². The normalized spacial score (nSPS) is 12.0. The summed E-state index contributed by atoms with van der Waals surface area (Å²) in [5.74, 6) is 0. The number of benzene rings is 1. The summed E-state index contributed by atoms with van der Waals surface area (Å²) in [6, 6.07) is 13.1. The number of pyridine rings is 1. The Hall–Kier alpha value is -2.13. The first-order chi connectivity index (χ1) is 11.5. The van der Waals surface area contributed by atoms with Crippen LogP contribution in [0.25, 0.3) is 10.9 Å². The van der Waals surface area contributed by atoms with E-state index in [0.717, 1.165) is 23.9 Å². The van der Waals surface area contributed by atoms with E-state index in [1.165, 1.54) is 35.0 Å². The lowest BCUT2D eigenvalue weighted by atomic mass is 10.0. The Morgan fingerprint density at radius 3 is 2.46 bits per heavy atom. The molecule has 0 aliphatic rings. The van der Waals surface area contributed by atoms with Crippen LogP contribution in [0.2, 0.25) is 0 Å². The van der Waals surface area contributed by atoms with E-state index in [4.69, 9.17) is 0 Å². The Bertz CT molecular complexity index is 779. The summed E-state index contributed by atoms with van der Waals surface area (Å²) in [6.45, 7) is 2.30. The van der Waals surface area contributed by atoms with Crippen LogP contribution in [0, 0.1) is 0 Å². The third kappa shape index (κ3) is 4.45. The van der Waals surface area contributed by atoms with Crippen molar-refractivity contribution in [1.82, 2.24) is 4.98 Å². The summed E-state index contributed by atoms with van der Waals surface area (Å²) >= 11 is 0. The highest BCUT2D eigenvalue weighted by Gasteiger charge is 2.09. The second-order valence-electron chi connectivity index (χ2n) is 7.67. The number of fused-ring (bicyclic) bond motifs is 1. The molecule has 0 saturated heterocycles. The smallest absolute Gasteiger partial charge is 0.169 e. The van der Waals surface area contributed by atoms with E-state index in [9.17, 15) is 0 Å². The third-order valence-corrected chi connectivity index (χ3v) is 4.56. The standard InChI is InChI=1S/C21H29N3/c1-24(2,3)16-6-13-23-14-11-18(12-15-23)9-10-19-17-22-21-8-5-4-7-20(19)21/h4-5,7-8,11-12,14-15,17,22H,6,9-10,13,16H2,1-3H3/q+2. The molecule has 0 amide bonds. The number of para-hydroxylation sites is 1. The molecular weight excluding hydrogens is 294 g/mol. The van der Waals surface area contributed by atoms with Gasteiger partial charge in [0.05, 0.1) is 34.1 Å². The number of aromatic nitrogens is 2. The molecule has 0 aliphatic carbocycles. The van der Waals surface area contributed by atoms with Crippen molar-refractivity contribution in [2.75, 3.05) is 27.7 Å². The van der Waals surface area contributed by atoms with Crippen molar-refractivity contribution in [3.8, 4) is 0 Å². The van der Waals surface area contributed by atoms with Gasteiger partial charge >= 0.3 is 0 Å². The van der Waals surface area contributed by atoms with Crippen molar-refractivity contribution >= 4 is 10.9 Å². The summed E-state index contributed by atoms with van der Waals surface area (Å²) in [5, 5.41) is 1.35. The highest BCUT2D eigenvalue weighted by atomic mass is 15.3. The Balaban J connectivity index is 1.54. The van der Waals surface area contributed by atoms with Gasteiger partial charge in [-0.1, -0.05) is 18.2 Å². The summed E-state index contributed by atoms with van der Waals surface area (Å²) in [6.07, 6.45) is 9.97. The SMILES string of the molecule is C[N+](C)(C)CCC[n+]1ccc(CCc2c[nH]c3ccccc23)cc1. The van der Waals surface area contributed by atoms with Gasteiger partial charge in [0.2, 0.25) is 0 Å². The highest BCUT2D eigenvalue weighted by molar-refractivity contribution is 5.83. The summed E-state index contributed by atoms with van der Waals surface area (Å²) in [7, 11) is 6.75. The van der Waals surface area contributed by atoms with E-state index in [-0.39, 0.29) is 0 Å². The van der Waals surface area contributed by atoms with Crippen molar-refractivity contribution in [1.29, 1.82) is 0 Å². The van der Waals surface area contributed by atoms with Crippen molar-refractivity contribution < 1.29 is 9.05 Å². The molecule has 24 heavy (non-hydrogen) atoms. The van der Waals surface area contributed by atoms with Gasteiger partial charge in [-0.2, -0.15) is 0 Å². The molecule has 0 atom stereocenters. The molecule has 3 rings (SSSR count). The molecule has 3 aromatic rings. The summed E-state index contributed by atoms with van der Waals surface area (Å²) < 4.78 is 3.33. The number of quaternary nitrogens is 1. The minimum absolute atomic E-state index is 1.03. The monoisotopic (exact) mass is 323 g/mol. The zero-order chi connectivity index (χ0) is 17.0. The molecule has 2 heterocycles. The number of hydrogen-bond acceptors (Lipinski definition) is 0. The second kappa shape index (κ2) is 7.18.